The van der Waals surface area contributed by atoms with Crippen LogP contribution in [0.15, 0.2) is 24.3 Å². The Morgan fingerprint density at radius 2 is 1.84 bits per heavy atom. The lowest BCUT2D eigenvalue weighted by Crippen LogP contribution is -2.36. The molecular formula is C14H12N2O3. The van der Waals surface area contributed by atoms with Crippen LogP contribution in [0.4, 0.5) is 0 Å². The number of ether oxygens (including phenoxy) is 1. The fraction of sp³-hybridized carbons (Fsp3) is 0.357. The zero-order valence-electron chi connectivity index (χ0n) is 10.2. The van der Waals surface area contributed by atoms with E-state index in [1.807, 2.05) is 6.07 Å². The van der Waals surface area contributed by atoms with E-state index in [1.54, 1.807) is 24.3 Å². The summed E-state index contributed by atoms with van der Waals surface area (Å²) in [6.07, 6.45) is 0.727. The first-order valence-electron chi connectivity index (χ1n) is 6.19. The summed E-state index contributed by atoms with van der Waals surface area (Å²) in [5, 5.41) is 8.66. The van der Waals surface area contributed by atoms with Gasteiger partial charge in [-0.1, -0.05) is 0 Å². The van der Waals surface area contributed by atoms with E-state index in [0.717, 1.165) is 6.42 Å². The Morgan fingerprint density at radius 1 is 1.21 bits per heavy atom. The van der Waals surface area contributed by atoms with Crippen LogP contribution < -0.4 is 4.74 Å². The topological polar surface area (TPSA) is 70.4 Å². The first kappa shape index (κ1) is 11.7. The molecule has 96 valence electrons. The highest BCUT2D eigenvalue weighted by atomic mass is 16.5. The van der Waals surface area contributed by atoms with Crippen molar-refractivity contribution in [1.82, 2.24) is 4.90 Å². The van der Waals surface area contributed by atoms with Crippen LogP contribution >= 0.6 is 0 Å². The number of imide groups is 1. The minimum absolute atomic E-state index is 0.0533. The molecule has 0 aromatic heterocycles. The fourth-order valence-electron chi connectivity index (χ4n) is 2.35. The van der Waals surface area contributed by atoms with Gasteiger partial charge >= 0.3 is 0 Å². The van der Waals surface area contributed by atoms with Gasteiger partial charge in [-0.15, -0.1) is 0 Å². The van der Waals surface area contributed by atoms with Gasteiger partial charge in [0.15, 0.2) is 0 Å². The molecule has 2 amide bonds. The molecule has 1 saturated carbocycles. The number of likely N-dealkylation sites (tertiary alicyclic amines) is 1. The third-order valence-electron chi connectivity index (χ3n) is 3.52. The number of amides is 2. The second-order valence-corrected chi connectivity index (χ2v) is 4.76. The van der Waals surface area contributed by atoms with Gasteiger partial charge in [0, 0.05) is 0 Å². The van der Waals surface area contributed by atoms with E-state index in [-0.39, 0.29) is 30.3 Å². The third-order valence-corrected chi connectivity index (χ3v) is 3.52. The van der Waals surface area contributed by atoms with Crippen LogP contribution in [0.1, 0.15) is 12.0 Å². The maximum Gasteiger partial charge on any atom is 0.233 e. The third kappa shape index (κ3) is 2.06. The van der Waals surface area contributed by atoms with Crippen LogP contribution in [0, 0.1) is 23.2 Å². The Bertz CT molecular complexity index is 553. The lowest BCUT2D eigenvalue weighted by molar-refractivity contribution is -0.141. The predicted octanol–water partition coefficient (Wildman–Crippen LogP) is 0.942. The van der Waals surface area contributed by atoms with E-state index in [4.69, 9.17) is 10.00 Å². The quantitative estimate of drug-likeness (QED) is 0.752. The smallest absolute Gasteiger partial charge is 0.233 e. The summed E-state index contributed by atoms with van der Waals surface area (Å²) < 4.78 is 5.46. The highest BCUT2D eigenvalue weighted by Crippen LogP contribution is 2.46. The van der Waals surface area contributed by atoms with Crippen LogP contribution in [0.3, 0.4) is 0 Å². The summed E-state index contributed by atoms with van der Waals surface area (Å²) in [4.78, 5) is 24.7. The standard InChI is InChI=1S/C14H12N2O3/c15-8-9-1-3-10(4-2-9)19-6-5-16-13(17)11-7-12(11)14(16)18/h1-4,11-12H,5-7H2. The fourth-order valence-corrected chi connectivity index (χ4v) is 2.35. The normalized spacial score (nSPS) is 24.1. The van der Waals surface area contributed by atoms with E-state index < -0.39 is 0 Å². The number of carbonyl (C=O) groups excluding carboxylic acids is 2. The number of rotatable bonds is 4. The molecule has 3 rings (SSSR count). The minimum Gasteiger partial charge on any atom is -0.492 e. The molecule has 2 atom stereocenters. The van der Waals surface area contributed by atoms with Crippen LogP contribution in [0.2, 0.25) is 0 Å². The van der Waals surface area contributed by atoms with Crippen molar-refractivity contribution in [2.75, 3.05) is 13.2 Å². The maximum atomic E-state index is 11.7. The van der Waals surface area contributed by atoms with Crippen LogP contribution in [-0.4, -0.2) is 29.9 Å². The maximum absolute atomic E-state index is 11.7. The molecule has 2 fully saturated rings. The summed E-state index contributed by atoms with van der Waals surface area (Å²) in [7, 11) is 0. The van der Waals surface area contributed by atoms with Crippen LogP contribution in [0.25, 0.3) is 0 Å². The molecule has 5 heteroatoms. The average Bonchev–Trinajstić information content (AvgIpc) is 3.19. The number of hydrogen-bond donors (Lipinski definition) is 0. The van der Waals surface area contributed by atoms with E-state index in [1.165, 1.54) is 4.90 Å². The number of piperidine rings is 1. The van der Waals surface area contributed by atoms with Crippen molar-refractivity contribution in [1.29, 1.82) is 5.26 Å². The van der Waals surface area contributed by atoms with Crippen molar-refractivity contribution in [3.8, 4) is 11.8 Å². The first-order valence-corrected chi connectivity index (χ1v) is 6.19. The second-order valence-electron chi connectivity index (χ2n) is 4.76. The second kappa shape index (κ2) is 4.39. The monoisotopic (exact) mass is 256 g/mol. The van der Waals surface area contributed by atoms with Crippen molar-refractivity contribution in [2.45, 2.75) is 6.42 Å². The van der Waals surface area contributed by atoms with Gasteiger partial charge in [0.2, 0.25) is 11.8 Å². The highest BCUT2D eigenvalue weighted by molar-refractivity contribution is 6.08. The number of hydrogen-bond acceptors (Lipinski definition) is 4. The van der Waals surface area contributed by atoms with E-state index in [0.29, 0.717) is 17.9 Å². The molecule has 1 aliphatic carbocycles. The lowest BCUT2D eigenvalue weighted by atomic mass is 10.2. The number of nitrogens with zero attached hydrogens (tertiary/aromatic N) is 2. The van der Waals surface area contributed by atoms with Crippen molar-refractivity contribution < 1.29 is 14.3 Å². The molecule has 1 saturated heterocycles. The molecular weight excluding hydrogens is 244 g/mol. The van der Waals surface area contributed by atoms with E-state index in [9.17, 15) is 9.59 Å². The van der Waals surface area contributed by atoms with Crippen molar-refractivity contribution in [2.24, 2.45) is 11.8 Å². The summed E-state index contributed by atoms with van der Waals surface area (Å²) >= 11 is 0. The van der Waals surface area contributed by atoms with Crippen molar-refractivity contribution in [3.63, 3.8) is 0 Å². The number of nitriles is 1. The number of carbonyl (C=O) groups is 2. The van der Waals surface area contributed by atoms with Gasteiger partial charge in [-0.25, -0.2) is 0 Å². The summed E-state index contributed by atoms with van der Waals surface area (Å²) in [6, 6.07) is 8.75. The molecule has 1 heterocycles. The first-order chi connectivity index (χ1) is 9.20. The zero-order valence-corrected chi connectivity index (χ0v) is 10.2. The molecule has 0 radical (unpaired) electrons. The summed E-state index contributed by atoms with van der Waals surface area (Å²) in [5.74, 6) is 0.407. The minimum atomic E-state index is -0.0570. The Labute approximate surface area is 110 Å². The van der Waals surface area contributed by atoms with Gasteiger partial charge in [-0.05, 0) is 30.7 Å². The Kier molecular flexibility index (Phi) is 2.71. The van der Waals surface area contributed by atoms with Gasteiger partial charge in [-0.3, -0.25) is 14.5 Å². The molecule has 0 bridgehead atoms. The largest absolute Gasteiger partial charge is 0.492 e. The molecule has 19 heavy (non-hydrogen) atoms. The highest BCUT2D eigenvalue weighted by Gasteiger charge is 2.58. The molecule has 1 aromatic rings. The van der Waals surface area contributed by atoms with Gasteiger partial charge in [-0.2, -0.15) is 5.26 Å². The number of fused-ring (bicyclic) bond motifs is 1. The molecule has 2 unspecified atom stereocenters. The molecule has 5 nitrogen and oxygen atoms in total. The SMILES string of the molecule is N#Cc1ccc(OCCN2C(=O)C3CC3C2=O)cc1. The van der Waals surface area contributed by atoms with Gasteiger partial charge in [0.25, 0.3) is 0 Å². The van der Waals surface area contributed by atoms with Crippen molar-refractivity contribution in [3.05, 3.63) is 29.8 Å². The predicted molar refractivity (Wildman–Crippen MR) is 65.0 cm³/mol. The van der Waals surface area contributed by atoms with Gasteiger partial charge < -0.3 is 4.74 Å². The Hall–Kier alpha value is -2.35. The van der Waals surface area contributed by atoms with E-state index in [2.05, 4.69) is 0 Å². The molecule has 0 N–H and O–H groups in total. The van der Waals surface area contributed by atoms with E-state index >= 15 is 0 Å². The van der Waals surface area contributed by atoms with Crippen molar-refractivity contribution >= 4 is 11.8 Å². The summed E-state index contributed by atoms with van der Waals surface area (Å²) in [5.41, 5.74) is 0.567. The molecule has 2 aliphatic rings. The van der Waals surface area contributed by atoms with Crippen LogP contribution in [-0.2, 0) is 9.59 Å². The van der Waals surface area contributed by atoms with Gasteiger partial charge in [0.1, 0.15) is 12.4 Å². The summed E-state index contributed by atoms with van der Waals surface area (Å²) in [6.45, 7) is 0.577. The lowest BCUT2D eigenvalue weighted by Gasteiger charge is -2.16. The zero-order chi connectivity index (χ0) is 13.4. The van der Waals surface area contributed by atoms with Gasteiger partial charge in [0.05, 0.1) is 30.0 Å². The molecule has 1 aromatic carbocycles. The molecule has 1 aliphatic heterocycles. The van der Waals surface area contributed by atoms with Crippen LogP contribution in [0.5, 0.6) is 5.75 Å². The Balaban J connectivity index is 1.52. The Morgan fingerprint density at radius 3 is 2.42 bits per heavy atom. The number of benzene rings is 1. The molecule has 0 spiro atoms. The average molecular weight is 256 g/mol.